The minimum absolute atomic E-state index is 2.94. The Morgan fingerprint density at radius 3 is 1.60 bits per heavy atom. The molecule has 3 nitrogen and oxygen atoms in total. The van der Waals surface area contributed by atoms with Crippen LogP contribution in [0.15, 0.2) is 0 Å². The van der Waals surface area contributed by atoms with Gasteiger partial charge in [0.05, 0.1) is 0 Å². The predicted molar refractivity (Wildman–Crippen MR) is 21.7 cm³/mol. The summed E-state index contributed by atoms with van der Waals surface area (Å²) in [5.41, 5.74) is 3.55. The Balaban J connectivity index is 4.57. The summed E-state index contributed by atoms with van der Waals surface area (Å²) in [4.78, 5) is 9.36. The average Bonchev–Trinajstić information content (AvgIpc) is 1.62. The second-order valence-electron chi connectivity index (χ2n) is 1.50. The Kier molecular flexibility index (Phi) is 1.90. The van der Waals surface area contributed by atoms with Crippen molar-refractivity contribution in [3.63, 3.8) is 0 Å². The third-order valence-electron chi connectivity index (χ3n) is 0.687. The molecular weight excluding hydrogens is 158 g/mol. The first-order chi connectivity index (χ1) is 4.19. The van der Waals surface area contributed by atoms with Gasteiger partial charge in [-0.3, -0.25) is 5.73 Å². The number of carbonyl (C=O) groups is 1. The van der Waals surface area contributed by atoms with E-state index >= 15 is 0 Å². The van der Waals surface area contributed by atoms with Crippen LogP contribution in [0.4, 0.5) is 17.6 Å². The number of rotatable bonds is 2. The van der Waals surface area contributed by atoms with Crippen molar-refractivity contribution < 1.29 is 27.5 Å². The Labute approximate surface area is 52.4 Å². The van der Waals surface area contributed by atoms with Crippen LogP contribution < -0.4 is 5.73 Å². The van der Waals surface area contributed by atoms with E-state index in [1.807, 2.05) is 0 Å². The summed E-state index contributed by atoms with van der Waals surface area (Å²) in [5, 5.41) is 7.47. The molecular formula is C3H3F4NO2. The number of hydrogen-bond acceptors (Lipinski definition) is 2. The van der Waals surface area contributed by atoms with E-state index in [1.54, 1.807) is 0 Å². The van der Waals surface area contributed by atoms with Gasteiger partial charge in [-0.1, -0.05) is 0 Å². The maximum atomic E-state index is 11.6. The van der Waals surface area contributed by atoms with Gasteiger partial charge in [0.1, 0.15) is 0 Å². The Morgan fingerprint density at radius 2 is 1.60 bits per heavy atom. The van der Waals surface area contributed by atoms with Crippen LogP contribution in [-0.2, 0) is 4.79 Å². The number of carboxylic acids is 1. The van der Waals surface area contributed by atoms with Gasteiger partial charge in [-0.15, -0.1) is 0 Å². The standard InChI is InChI=1S/C3H3F4NO2/c4-2(5,1(9)10)3(6,7)8/h8H2,(H,9,10). The molecule has 0 rings (SSSR count). The first-order valence-electron chi connectivity index (χ1n) is 1.97. The maximum absolute atomic E-state index is 11.6. The van der Waals surface area contributed by atoms with E-state index < -0.39 is 17.9 Å². The van der Waals surface area contributed by atoms with Crippen LogP contribution in [-0.4, -0.2) is 23.0 Å². The zero-order valence-corrected chi connectivity index (χ0v) is 4.44. The van der Waals surface area contributed by atoms with Crippen LogP contribution >= 0.6 is 0 Å². The fraction of sp³-hybridized carbons (Fsp3) is 0.667. The zero-order chi connectivity index (χ0) is 8.58. The molecule has 0 aromatic rings. The molecule has 0 aliphatic heterocycles. The average molecular weight is 161 g/mol. The van der Waals surface area contributed by atoms with Crippen molar-refractivity contribution in [2.45, 2.75) is 12.0 Å². The molecule has 0 amide bonds. The summed E-state index contributed by atoms with van der Waals surface area (Å²) in [5.74, 6) is -8.15. The lowest BCUT2D eigenvalue weighted by atomic mass is 10.3. The SMILES string of the molecule is NC(F)(F)C(F)(F)C(=O)O. The molecule has 3 N–H and O–H groups in total. The highest BCUT2D eigenvalue weighted by molar-refractivity contribution is 5.76. The van der Waals surface area contributed by atoms with E-state index in [1.165, 1.54) is 0 Å². The van der Waals surface area contributed by atoms with Crippen molar-refractivity contribution in [2.24, 2.45) is 5.73 Å². The topological polar surface area (TPSA) is 63.3 Å². The van der Waals surface area contributed by atoms with Gasteiger partial charge in [0.15, 0.2) is 0 Å². The molecule has 0 spiro atoms. The summed E-state index contributed by atoms with van der Waals surface area (Å²) in [6, 6.07) is -5.02. The predicted octanol–water partition coefficient (Wildman–Crippen LogP) is 0.258. The van der Waals surface area contributed by atoms with E-state index in [0.717, 1.165) is 0 Å². The van der Waals surface area contributed by atoms with Crippen LogP contribution in [0, 0.1) is 0 Å². The highest BCUT2D eigenvalue weighted by Gasteiger charge is 2.60. The normalized spacial score (nSPS) is 13.3. The molecule has 60 valence electrons. The molecule has 0 radical (unpaired) electrons. The third-order valence-corrected chi connectivity index (χ3v) is 0.687. The zero-order valence-electron chi connectivity index (χ0n) is 4.44. The summed E-state index contributed by atoms with van der Waals surface area (Å²) < 4.78 is 46.0. The summed E-state index contributed by atoms with van der Waals surface area (Å²) in [6.45, 7) is 0. The van der Waals surface area contributed by atoms with Crippen molar-refractivity contribution in [2.75, 3.05) is 0 Å². The summed E-state index contributed by atoms with van der Waals surface area (Å²) >= 11 is 0. The first-order valence-corrected chi connectivity index (χ1v) is 1.97. The molecule has 0 aliphatic rings. The van der Waals surface area contributed by atoms with Gasteiger partial charge in [-0.25, -0.2) is 4.79 Å². The number of aliphatic carboxylic acids is 1. The highest BCUT2D eigenvalue weighted by Crippen LogP contribution is 2.29. The fourth-order valence-corrected chi connectivity index (χ4v) is 0.143. The second kappa shape index (κ2) is 2.08. The molecule has 0 heterocycles. The lowest BCUT2D eigenvalue weighted by Crippen LogP contribution is -2.53. The number of nitrogens with two attached hydrogens (primary N) is 1. The number of alkyl halides is 4. The largest absolute Gasteiger partial charge is 0.477 e. The van der Waals surface area contributed by atoms with Crippen LogP contribution in [0.5, 0.6) is 0 Å². The summed E-state index contributed by atoms with van der Waals surface area (Å²) in [7, 11) is 0. The molecule has 0 saturated heterocycles. The molecule has 0 aromatic carbocycles. The van der Waals surface area contributed by atoms with Gasteiger partial charge in [0.2, 0.25) is 0 Å². The van der Waals surface area contributed by atoms with Crippen molar-refractivity contribution >= 4 is 5.97 Å². The molecule has 0 unspecified atom stereocenters. The molecule has 0 aliphatic carbocycles. The van der Waals surface area contributed by atoms with Crippen molar-refractivity contribution in [1.82, 2.24) is 0 Å². The number of halogens is 4. The van der Waals surface area contributed by atoms with Gasteiger partial charge in [0.25, 0.3) is 0 Å². The van der Waals surface area contributed by atoms with E-state index in [0.29, 0.717) is 0 Å². The Bertz CT molecular complexity index is 151. The third kappa shape index (κ3) is 1.35. The first kappa shape index (κ1) is 9.15. The van der Waals surface area contributed by atoms with E-state index in [9.17, 15) is 22.4 Å². The van der Waals surface area contributed by atoms with E-state index in [-0.39, 0.29) is 0 Å². The molecule has 0 fully saturated rings. The quantitative estimate of drug-likeness (QED) is 0.451. The van der Waals surface area contributed by atoms with Gasteiger partial charge < -0.3 is 5.11 Å². The van der Waals surface area contributed by atoms with Gasteiger partial charge in [-0.2, -0.15) is 17.6 Å². The summed E-state index contributed by atoms with van der Waals surface area (Å²) in [6.07, 6.45) is 0. The van der Waals surface area contributed by atoms with Crippen LogP contribution in [0.1, 0.15) is 0 Å². The van der Waals surface area contributed by atoms with Crippen LogP contribution in [0.2, 0.25) is 0 Å². The fourth-order valence-electron chi connectivity index (χ4n) is 0.143. The lowest BCUT2D eigenvalue weighted by molar-refractivity contribution is -0.221. The van der Waals surface area contributed by atoms with E-state index in [4.69, 9.17) is 5.11 Å². The number of hydrogen-bond donors (Lipinski definition) is 2. The second-order valence-corrected chi connectivity index (χ2v) is 1.50. The molecule has 7 heteroatoms. The van der Waals surface area contributed by atoms with E-state index in [2.05, 4.69) is 5.73 Å². The molecule has 0 bridgehead atoms. The molecule has 0 aromatic heterocycles. The Morgan fingerprint density at radius 1 is 1.30 bits per heavy atom. The number of carboxylic acid groups (broad SMARTS) is 1. The maximum Gasteiger partial charge on any atom is 0.418 e. The minimum atomic E-state index is -5.20. The van der Waals surface area contributed by atoms with Crippen molar-refractivity contribution in [3.05, 3.63) is 0 Å². The molecule has 0 atom stereocenters. The van der Waals surface area contributed by atoms with Gasteiger partial charge in [-0.05, 0) is 0 Å². The Hall–Kier alpha value is -0.850. The smallest absolute Gasteiger partial charge is 0.418 e. The highest BCUT2D eigenvalue weighted by atomic mass is 19.3. The molecule has 0 saturated carbocycles. The molecule has 10 heavy (non-hydrogen) atoms. The van der Waals surface area contributed by atoms with Crippen LogP contribution in [0.25, 0.3) is 0 Å². The minimum Gasteiger partial charge on any atom is -0.477 e. The lowest BCUT2D eigenvalue weighted by Gasteiger charge is -2.17. The van der Waals surface area contributed by atoms with Gasteiger partial charge >= 0.3 is 17.9 Å². The monoisotopic (exact) mass is 161 g/mol. The van der Waals surface area contributed by atoms with Crippen molar-refractivity contribution in [3.8, 4) is 0 Å². The van der Waals surface area contributed by atoms with Gasteiger partial charge in [0, 0.05) is 0 Å². The van der Waals surface area contributed by atoms with Crippen molar-refractivity contribution in [1.29, 1.82) is 0 Å². The van der Waals surface area contributed by atoms with Crippen LogP contribution in [0.3, 0.4) is 0 Å².